The van der Waals surface area contributed by atoms with Crippen LogP contribution in [0.1, 0.15) is 14.9 Å². The minimum absolute atomic E-state index is 0. The molecule has 0 rings (SSSR count). The van der Waals surface area contributed by atoms with Gasteiger partial charge in [-0.2, -0.15) is 0 Å². The predicted molar refractivity (Wildman–Crippen MR) is 48.4 cm³/mol. The molecular formula is C7H22N2O2. The average molecular weight is 166 g/mol. The van der Waals surface area contributed by atoms with Crippen LogP contribution in [0.3, 0.4) is 0 Å². The minimum atomic E-state index is 0. The van der Waals surface area contributed by atoms with E-state index < -0.39 is 0 Å². The standard InChI is InChI=1S/C5H14N2O2.2CH4/c1-6-3-8-5-9-4-7-2;;/h6-7H,3-5H2,1-2H3;2*1H4. The molecule has 0 saturated carbocycles. The normalized spacial score (nSPS) is 8.18. The minimum Gasteiger partial charge on any atom is -0.340 e. The van der Waals surface area contributed by atoms with E-state index in [1.54, 1.807) is 0 Å². The van der Waals surface area contributed by atoms with Crippen LogP contribution in [0.15, 0.2) is 0 Å². The van der Waals surface area contributed by atoms with Gasteiger partial charge in [0.1, 0.15) is 6.79 Å². The number of hydrogen-bond acceptors (Lipinski definition) is 4. The fourth-order valence-electron chi connectivity index (χ4n) is 0.346. The summed E-state index contributed by atoms with van der Waals surface area (Å²) < 4.78 is 9.82. The first-order chi connectivity index (χ1) is 4.41. The molecule has 0 aliphatic rings. The summed E-state index contributed by atoms with van der Waals surface area (Å²) in [5, 5.41) is 5.64. The quantitative estimate of drug-likeness (QED) is 0.448. The Labute approximate surface area is 70.3 Å². The van der Waals surface area contributed by atoms with Crippen molar-refractivity contribution < 1.29 is 9.47 Å². The highest BCUT2D eigenvalue weighted by molar-refractivity contribution is 4.16. The Morgan fingerprint density at radius 3 is 1.55 bits per heavy atom. The lowest BCUT2D eigenvalue weighted by molar-refractivity contribution is -0.0621. The number of nitrogens with one attached hydrogen (secondary N) is 2. The number of ether oxygens (including phenoxy) is 2. The van der Waals surface area contributed by atoms with Crippen LogP contribution in [0.4, 0.5) is 0 Å². The van der Waals surface area contributed by atoms with Crippen molar-refractivity contribution in [3.8, 4) is 0 Å². The Morgan fingerprint density at radius 2 is 1.27 bits per heavy atom. The van der Waals surface area contributed by atoms with Crippen molar-refractivity contribution in [1.29, 1.82) is 0 Å². The van der Waals surface area contributed by atoms with E-state index >= 15 is 0 Å². The summed E-state index contributed by atoms with van der Waals surface area (Å²) in [6.07, 6.45) is 0. The highest BCUT2D eigenvalue weighted by atomic mass is 16.7. The second-order valence-electron chi connectivity index (χ2n) is 1.52. The van der Waals surface area contributed by atoms with Gasteiger partial charge in [0.25, 0.3) is 0 Å². The first kappa shape index (κ1) is 17.1. The molecule has 0 aromatic heterocycles. The van der Waals surface area contributed by atoms with Crippen molar-refractivity contribution in [3.63, 3.8) is 0 Å². The van der Waals surface area contributed by atoms with Crippen molar-refractivity contribution in [2.45, 2.75) is 14.9 Å². The van der Waals surface area contributed by atoms with Crippen molar-refractivity contribution in [2.24, 2.45) is 0 Å². The van der Waals surface area contributed by atoms with E-state index in [0.29, 0.717) is 20.3 Å². The van der Waals surface area contributed by atoms with Crippen molar-refractivity contribution in [3.05, 3.63) is 0 Å². The molecule has 2 N–H and O–H groups in total. The smallest absolute Gasteiger partial charge is 0.150 e. The predicted octanol–water partition coefficient (Wildman–Crippen LogP) is 0.603. The van der Waals surface area contributed by atoms with Crippen LogP contribution in [0, 0.1) is 0 Å². The fourth-order valence-corrected chi connectivity index (χ4v) is 0.346. The number of hydrogen-bond donors (Lipinski definition) is 2. The lowest BCUT2D eigenvalue weighted by Gasteiger charge is -2.02. The maximum Gasteiger partial charge on any atom is 0.150 e. The molecule has 0 bridgehead atoms. The van der Waals surface area contributed by atoms with Gasteiger partial charge in [-0.25, -0.2) is 0 Å². The zero-order valence-corrected chi connectivity index (χ0v) is 5.94. The summed E-state index contributed by atoms with van der Waals surface area (Å²) in [5.74, 6) is 0. The van der Waals surface area contributed by atoms with Crippen LogP contribution in [-0.4, -0.2) is 34.3 Å². The fraction of sp³-hybridized carbons (Fsp3) is 1.00. The third-order valence-corrected chi connectivity index (χ3v) is 0.659. The van der Waals surface area contributed by atoms with Gasteiger partial charge in [-0.05, 0) is 14.1 Å². The first-order valence-electron chi connectivity index (χ1n) is 2.86. The van der Waals surface area contributed by atoms with Gasteiger partial charge in [-0.15, -0.1) is 0 Å². The largest absolute Gasteiger partial charge is 0.340 e. The van der Waals surface area contributed by atoms with E-state index in [0.717, 1.165) is 0 Å². The molecular weight excluding hydrogens is 144 g/mol. The molecule has 0 unspecified atom stereocenters. The van der Waals surface area contributed by atoms with E-state index in [1.807, 2.05) is 14.1 Å². The van der Waals surface area contributed by atoms with E-state index in [-0.39, 0.29) is 14.9 Å². The summed E-state index contributed by atoms with van der Waals surface area (Å²) in [5.41, 5.74) is 0. The van der Waals surface area contributed by atoms with Gasteiger partial charge in [-0.3, -0.25) is 10.6 Å². The molecule has 0 atom stereocenters. The molecule has 0 saturated heterocycles. The van der Waals surface area contributed by atoms with Crippen LogP contribution >= 0.6 is 0 Å². The van der Waals surface area contributed by atoms with Gasteiger partial charge in [0.15, 0.2) is 0 Å². The van der Waals surface area contributed by atoms with Crippen LogP contribution in [0.2, 0.25) is 0 Å². The van der Waals surface area contributed by atoms with E-state index in [9.17, 15) is 0 Å². The molecule has 0 heterocycles. The van der Waals surface area contributed by atoms with Crippen LogP contribution in [0.5, 0.6) is 0 Å². The van der Waals surface area contributed by atoms with E-state index in [4.69, 9.17) is 9.47 Å². The molecule has 0 aliphatic heterocycles. The zero-order chi connectivity index (χ0) is 6.95. The highest BCUT2D eigenvalue weighted by Gasteiger charge is 1.81. The Bertz CT molecular complexity index is 47.7. The van der Waals surface area contributed by atoms with E-state index in [2.05, 4.69) is 10.6 Å². The maximum atomic E-state index is 4.91. The average Bonchev–Trinajstić information content (AvgIpc) is 1.89. The van der Waals surface area contributed by atoms with Gasteiger partial charge in [-0.1, -0.05) is 14.9 Å². The van der Waals surface area contributed by atoms with Gasteiger partial charge in [0.2, 0.25) is 0 Å². The molecule has 0 fully saturated rings. The summed E-state index contributed by atoms with van der Waals surface area (Å²) in [7, 11) is 3.64. The molecule has 0 aliphatic carbocycles. The second-order valence-corrected chi connectivity index (χ2v) is 1.52. The Hall–Kier alpha value is -0.160. The van der Waals surface area contributed by atoms with Crippen molar-refractivity contribution in [1.82, 2.24) is 10.6 Å². The molecule has 0 aromatic rings. The summed E-state index contributed by atoms with van der Waals surface area (Å²) >= 11 is 0. The Kier molecular flexibility index (Phi) is 25.5. The number of rotatable bonds is 6. The Morgan fingerprint density at radius 1 is 0.909 bits per heavy atom. The third kappa shape index (κ3) is 17.7. The summed E-state index contributed by atoms with van der Waals surface area (Å²) in [4.78, 5) is 0. The first-order valence-corrected chi connectivity index (χ1v) is 2.86. The monoisotopic (exact) mass is 166 g/mol. The molecule has 0 radical (unpaired) electrons. The highest BCUT2D eigenvalue weighted by Crippen LogP contribution is 1.71. The molecule has 0 spiro atoms. The van der Waals surface area contributed by atoms with Gasteiger partial charge < -0.3 is 9.47 Å². The summed E-state index contributed by atoms with van der Waals surface area (Å²) in [6, 6.07) is 0. The van der Waals surface area contributed by atoms with Gasteiger partial charge in [0.05, 0.1) is 13.5 Å². The molecule has 0 amide bonds. The molecule has 11 heavy (non-hydrogen) atoms. The van der Waals surface area contributed by atoms with Crippen molar-refractivity contribution in [2.75, 3.05) is 34.3 Å². The van der Waals surface area contributed by atoms with Gasteiger partial charge in [0, 0.05) is 0 Å². The Balaban J connectivity index is -0.000000320. The molecule has 4 heteroatoms. The van der Waals surface area contributed by atoms with Crippen LogP contribution in [-0.2, 0) is 9.47 Å². The lowest BCUT2D eigenvalue weighted by atomic mass is 11.1. The lowest BCUT2D eigenvalue weighted by Crippen LogP contribution is -2.17. The molecule has 72 valence electrons. The SMILES string of the molecule is C.C.CNCOCOCNC. The van der Waals surface area contributed by atoms with E-state index in [1.165, 1.54) is 0 Å². The third-order valence-electron chi connectivity index (χ3n) is 0.659. The van der Waals surface area contributed by atoms with Gasteiger partial charge >= 0.3 is 0 Å². The topological polar surface area (TPSA) is 42.5 Å². The molecule has 4 nitrogen and oxygen atoms in total. The summed E-state index contributed by atoms with van der Waals surface area (Å²) in [6.45, 7) is 1.40. The van der Waals surface area contributed by atoms with Crippen LogP contribution in [0.25, 0.3) is 0 Å². The van der Waals surface area contributed by atoms with Crippen LogP contribution < -0.4 is 10.6 Å². The second kappa shape index (κ2) is 16.4. The maximum absolute atomic E-state index is 4.91. The zero-order valence-electron chi connectivity index (χ0n) is 5.94. The van der Waals surface area contributed by atoms with Crippen molar-refractivity contribution >= 4 is 0 Å². The molecule has 0 aromatic carbocycles.